The van der Waals surface area contributed by atoms with Gasteiger partial charge < -0.3 is 9.32 Å². The number of oxazole rings is 1. The molecule has 2 rings (SSSR count). The van der Waals surface area contributed by atoms with E-state index in [1.807, 2.05) is 0 Å². The largest absolute Gasteiger partial charge is 0.432 e. The summed E-state index contributed by atoms with van der Waals surface area (Å²) in [6.45, 7) is 5.45. The van der Waals surface area contributed by atoms with Crippen LogP contribution in [0.1, 0.15) is 32.4 Å². The Balaban J connectivity index is 2.22. The summed E-state index contributed by atoms with van der Waals surface area (Å²) in [6, 6.07) is 0.711. The number of rotatable bonds is 2. The molecule has 0 bridgehead atoms. The van der Waals surface area contributed by atoms with E-state index in [4.69, 9.17) is 16.0 Å². The van der Waals surface area contributed by atoms with Gasteiger partial charge in [-0.3, -0.25) is 0 Å². The second-order valence-corrected chi connectivity index (χ2v) is 4.59. The Hall–Kier alpha value is -0.700. The minimum Gasteiger partial charge on any atom is -0.432 e. The van der Waals surface area contributed by atoms with E-state index in [9.17, 15) is 0 Å². The first-order valence-corrected chi connectivity index (χ1v) is 5.45. The van der Waals surface area contributed by atoms with Gasteiger partial charge in [0, 0.05) is 12.1 Å². The molecule has 2 heterocycles. The van der Waals surface area contributed by atoms with Crippen molar-refractivity contribution in [3.05, 3.63) is 12.0 Å². The smallest absolute Gasteiger partial charge is 0.297 e. The van der Waals surface area contributed by atoms with Gasteiger partial charge in [0.05, 0.1) is 11.6 Å². The van der Waals surface area contributed by atoms with Gasteiger partial charge in [0.2, 0.25) is 0 Å². The highest BCUT2D eigenvalue weighted by atomic mass is 35.5. The minimum absolute atomic E-state index is 0.161. The summed E-state index contributed by atoms with van der Waals surface area (Å²) in [5.74, 6) is 0.414. The lowest BCUT2D eigenvalue weighted by Gasteiger charge is -2.29. The summed E-state index contributed by atoms with van der Waals surface area (Å²) in [5.41, 5.74) is 0.971. The molecule has 1 fully saturated rings. The molecular formula is C10H15ClN2O. The molecule has 1 aromatic heterocycles. The van der Waals surface area contributed by atoms with Crippen molar-refractivity contribution in [3.8, 4) is 0 Å². The fourth-order valence-corrected chi connectivity index (χ4v) is 2.07. The van der Waals surface area contributed by atoms with Crippen molar-refractivity contribution in [2.45, 2.75) is 38.1 Å². The first-order chi connectivity index (χ1) is 6.63. The number of halogens is 1. The average Bonchev–Trinajstić information content (AvgIpc) is 2.70. The number of hydrogen-bond acceptors (Lipinski definition) is 3. The van der Waals surface area contributed by atoms with Crippen molar-refractivity contribution in [2.24, 2.45) is 0 Å². The molecule has 1 aromatic rings. The van der Waals surface area contributed by atoms with E-state index in [1.54, 1.807) is 6.26 Å². The summed E-state index contributed by atoms with van der Waals surface area (Å²) in [7, 11) is 0. The van der Waals surface area contributed by atoms with Crippen LogP contribution < -0.4 is 4.90 Å². The van der Waals surface area contributed by atoms with Crippen LogP contribution in [-0.2, 0) is 5.88 Å². The van der Waals surface area contributed by atoms with Crippen molar-refractivity contribution in [1.29, 1.82) is 0 Å². The minimum atomic E-state index is 0.161. The highest BCUT2D eigenvalue weighted by Crippen LogP contribution is 2.32. The number of nitrogens with zero attached hydrogens (tertiary/aromatic N) is 2. The topological polar surface area (TPSA) is 29.3 Å². The molecule has 0 radical (unpaired) electrons. The van der Waals surface area contributed by atoms with Crippen LogP contribution in [-0.4, -0.2) is 17.1 Å². The van der Waals surface area contributed by atoms with Gasteiger partial charge in [0.1, 0.15) is 6.26 Å². The molecule has 3 nitrogen and oxygen atoms in total. The molecule has 0 spiro atoms. The van der Waals surface area contributed by atoms with Crippen LogP contribution in [0.5, 0.6) is 0 Å². The molecule has 0 unspecified atom stereocenters. The zero-order chi connectivity index (χ0) is 10.2. The predicted octanol–water partition coefficient (Wildman–Crippen LogP) is 2.79. The maximum atomic E-state index is 5.68. The Morgan fingerprint density at radius 2 is 2.43 bits per heavy atom. The fourth-order valence-electron chi connectivity index (χ4n) is 1.94. The summed E-state index contributed by atoms with van der Waals surface area (Å²) < 4.78 is 5.41. The van der Waals surface area contributed by atoms with Crippen molar-refractivity contribution < 1.29 is 4.42 Å². The van der Waals surface area contributed by atoms with E-state index in [1.165, 1.54) is 12.8 Å². The standard InChI is InChI=1S/C10H15ClN2O/c1-10(2)4-3-5-13(10)9-12-8(6-11)7-14-9/h7H,3-6H2,1-2H3. The number of alkyl halides is 1. The zero-order valence-electron chi connectivity index (χ0n) is 8.59. The SMILES string of the molecule is CC1(C)CCCN1c1nc(CCl)co1. The molecule has 0 aliphatic carbocycles. The molecule has 14 heavy (non-hydrogen) atoms. The third kappa shape index (κ3) is 1.61. The van der Waals surface area contributed by atoms with Crippen LogP contribution in [0.3, 0.4) is 0 Å². The summed E-state index contributed by atoms with van der Waals surface area (Å²) >= 11 is 5.68. The van der Waals surface area contributed by atoms with E-state index < -0.39 is 0 Å². The molecule has 0 N–H and O–H groups in total. The van der Waals surface area contributed by atoms with Gasteiger partial charge in [-0.2, -0.15) is 4.98 Å². The zero-order valence-corrected chi connectivity index (χ0v) is 9.34. The normalized spacial score (nSPS) is 20.4. The highest BCUT2D eigenvalue weighted by molar-refractivity contribution is 6.16. The molecule has 0 aromatic carbocycles. The molecule has 4 heteroatoms. The molecule has 0 amide bonds. The molecule has 0 saturated carbocycles. The lowest BCUT2D eigenvalue weighted by Crippen LogP contribution is -2.38. The number of hydrogen-bond donors (Lipinski definition) is 0. The molecular weight excluding hydrogens is 200 g/mol. The van der Waals surface area contributed by atoms with Crippen molar-refractivity contribution in [3.63, 3.8) is 0 Å². The maximum absolute atomic E-state index is 5.68. The predicted molar refractivity (Wildman–Crippen MR) is 56.7 cm³/mol. The van der Waals surface area contributed by atoms with Crippen LogP contribution >= 0.6 is 11.6 Å². The number of aromatic nitrogens is 1. The Kier molecular flexibility index (Phi) is 2.43. The van der Waals surface area contributed by atoms with Crippen LogP contribution in [0.15, 0.2) is 10.7 Å². The first kappa shape index (κ1) is 9.84. The van der Waals surface area contributed by atoms with E-state index >= 15 is 0 Å². The van der Waals surface area contributed by atoms with Crippen LogP contribution in [0.25, 0.3) is 0 Å². The molecule has 78 valence electrons. The van der Waals surface area contributed by atoms with Gasteiger partial charge in [-0.1, -0.05) is 0 Å². The van der Waals surface area contributed by atoms with Crippen LogP contribution in [0.2, 0.25) is 0 Å². The van der Waals surface area contributed by atoms with Gasteiger partial charge in [-0.25, -0.2) is 0 Å². The van der Waals surface area contributed by atoms with Gasteiger partial charge >= 0.3 is 0 Å². The third-order valence-electron chi connectivity index (χ3n) is 2.81. The van der Waals surface area contributed by atoms with Gasteiger partial charge in [0.25, 0.3) is 6.01 Å². The van der Waals surface area contributed by atoms with Crippen molar-refractivity contribution in [1.82, 2.24) is 4.98 Å². The summed E-state index contributed by atoms with van der Waals surface area (Å²) in [5, 5.41) is 0. The van der Waals surface area contributed by atoms with E-state index in [-0.39, 0.29) is 5.54 Å². The lowest BCUT2D eigenvalue weighted by atomic mass is 10.0. The van der Waals surface area contributed by atoms with E-state index in [0.717, 1.165) is 12.2 Å². The van der Waals surface area contributed by atoms with Crippen LogP contribution in [0, 0.1) is 0 Å². The molecule has 1 saturated heterocycles. The Labute approximate surface area is 89.1 Å². The Morgan fingerprint density at radius 3 is 2.93 bits per heavy atom. The lowest BCUT2D eigenvalue weighted by molar-refractivity contribution is 0.458. The third-order valence-corrected chi connectivity index (χ3v) is 3.08. The van der Waals surface area contributed by atoms with Gasteiger partial charge in [0.15, 0.2) is 0 Å². The average molecular weight is 215 g/mol. The van der Waals surface area contributed by atoms with Gasteiger partial charge in [-0.15, -0.1) is 11.6 Å². The van der Waals surface area contributed by atoms with E-state index in [2.05, 4.69) is 23.7 Å². The Morgan fingerprint density at radius 1 is 1.64 bits per heavy atom. The second kappa shape index (κ2) is 3.46. The Bertz CT molecular complexity index is 322. The monoisotopic (exact) mass is 214 g/mol. The van der Waals surface area contributed by atoms with Gasteiger partial charge in [-0.05, 0) is 26.7 Å². The van der Waals surface area contributed by atoms with Crippen LogP contribution in [0.4, 0.5) is 6.01 Å². The van der Waals surface area contributed by atoms with Crippen molar-refractivity contribution in [2.75, 3.05) is 11.4 Å². The molecule has 0 atom stereocenters. The molecule has 1 aliphatic heterocycles. The maximum Gasteiger partial charge on any atom is 0.297 e. The molecule has 1 aliphatic rings. The van der Waals surface area contributed by atoms with E-state index in [0.29, 0.717) is 11.9 Å². The van der Waals surface area contributed by atoms with Crippen molar-refractivity contribution >= 4 is 17.6 Å². The fraction of sp³-hybridized carbons (Fsp3) is 0.700. The summed E-state index contributed by atoms with van der Waals surface area (Å²) in [4.78, 5) is 6.55. The summed E-state index contributed by atoms with van der Waals surface area (Å²) in [6.07, 6.45) is 4.02. The quantitative estimate of drug-likeness (QED) is 0.709. The number of anilines is 1. The highest BCUT2D eigenvalue weighted by Gasteiger charge is 2.34. The first-order valence-electron chi connectivity index (χ1n) is 4.91. The second-order valence-electron chi connectivity index (χ2n) is 4.32.